The van der Waals surface area contributed by atoms with Crippen LogP contribution in [0.4, 0.5) is 5.69 Å². The topological polar surface area (TPSA) is 45.1 Å². The first-order chi connectivity index (χ1) is 13.0. The minimum atomic E-state index is -0.242. The Bertz CT molecular complexity index is 1110. The lowest BCUT2D eigenvalue weighted by Gasteiger charge is -2.21. The summed E-state index contributed by atoms with van der Waals surface area (Å²) in [6, 6.07) is 17.0. The van der Waals surface area contributed by atoms with Gasteiger partial charge in [0.1, 0.15) is 11.3 Å². The third kappa shape index (κ3) is 3.61. The molecule has 27 heavy (non-hydrogen) atoms. The van der Waals surface area contributed by atoms with Gasteiger partial charge >= 0.3 is 0 Å². The van der Waals surface area contributed by atoms with E-state index in [0.29, 0.717) is 15.6 Å². The van der Waals surface area contributed by atoms with Crippen LogP contribution in [0.15, 0.2) is 60.0 Å². The Morgan fingerprint density at radius 3 is 2.59 bits per heavy atom. The molecule has 0 saturated carbocycles. The van der Waals surface area contributed by atoms with Crippen molar-refractivity contribution in [2.45, 2.75) is 13.0 Å². The van der Waals surface area contributed by atoms with E-state index in [1.165, 1.54) is 0 Å². The number of anilines is 1. The van der Waals surface area contributed by atoms with Crippen LogP contribution in [0.3, 0.4) is 0 Å². The van der Waals surface area contributed by atoms with Gasteiger partial charge in [-0.2, -0.15) is 0 Å². The predicted octanol–water partition coefficient (Wildman–Crippen LogP) is 6.82. The molecular weight excluding hydrogens is 399 g/mol. The van der Waals surface area contributed by atoms with Crippen molar-refractivity contribution in [3.63, 3.8) is 0 Å². The van der Waals surface area contributed by atoms with Gasteiger partial charge in [-0.1, -0.05) is 47.5 Å². The first-order valence-electron chi connectivity index (χ1n) is 8.37. The number of phenols is 1. The summed E-state index contributed by atoms with van der Waals surface area (Å²) in [5.74, 6) is 0.183. The molecule has 2 aromatic heterocycles. The summed E-state index contributed by atoms with van der Waals surface area (Å²) in [6.45, 7) is 1.91. The third-order valence-electron chi connectivity index (χ3n) is 4.38. The molecule has 3 nitrogen and oxygen atoms in total. The summed E-state index contributed by atoms with van der Waals surface area (Å²) >= 11 is 13.8. The monoisotopic (exact) mass is 414 g/mol. The van der Waals surface area contributed by atoms with Crippen LogP contribution in [0, 0.1) is 6.92 Å². The van der Waals surface area contributed by atoms with E-state index in [0.717, 1.165) is 27.2 Å². The fourth-order valence-electron chi connectivity index (χ4n) is 3.03. The van der Waals surface area contributed by atoms with Gasteiger partial charge in [-0.05, 0) is 42.6 Å². The number of nitrogens with one attached hydrogen (secondary N) is 1. The van der Waals surface area contributed by atoms with Gasteiger partial charge in [0.2, 0.25) is 0 Å². The summed E-state index contributed by atoms with van der Waals surface area (Å²) in [5, 5.41) is 18.3. The first kappa shape index (κ1) is 18.1. The minimum Gasteiger partial charge on any atom is -0.505 e. The van der Waals surface area contributed by atoms with Gasteiger partial charge in [-0.25, -0.2) is 4.98 Å². The number of aromatic hydroxyl groups is 1. The van der Waals surface area contributed by atoms with Crippen LogP contribution >= 0.6 is 34.5 Å². The summed E-state index contributed by atoms with van der Waals surface area (Å²) in [5.41, 5.74) is 3.04. The highest BCUT2D eigenvalue weighted by Crippen LogP contribution is 2.38. The predicted molar refractivity (Wildman–Crippen MR) is 114 cm³/mol. The van der Waals surface area contributed by atoms with E-state index in [-0.39, 0.29) is 11.8 Å². The van der Waals surface area contributed by atoms with Gasteiger partial charge in [0.05, 0.1) is 16.1 Å². The van der Waals surface area contributed by atoms with Crippen LogP contribution in [0.5, 0.6) is 5.75 Å². The fourth-order valence-corrected chi connectivity index (χ4v) is 4.12. The van der Waals surface area contributed by atoms with Gasteiger partial charge in [-0.15, -0.1) is 11.3 Å². The molecule has 0 radical (unpaired) electrons. The number of phenolic OH excluding ortho intramolecular Hbond substituents is 1. The molecule has 1 atom stereocenters. The zero-order valence-corrected chi connectivity index (χ0v) is 16.7. The van der Waals surface area contributed by atoms with E-state index in [9.17, 15) is 5.11 Å². The Hall–Kier alpha value is -2.27. The maximum atomic E-state index is 11.0. The van der Waals surface area contributed by atoms with Crippen molar-refractivity contribution in [2.75, 3.05) is 5.32 Å². The SMILES string of the molecule is Cc1ccc2ccc(C(Nc3ccc(Cl)c(Cl)c3)c3cccs3)c(O)c2n1. The van der Waals surface area contributed by atoms with Crippen molar-refractivity contribution in [3.05, 3.63) is 86.2 Å². The summed E-state index contributed by atoms with van der Waals surface area (Å²) < 4.78 is 0. The molecule has 0 amide bonds. The van der Waals surface area contributed by atoms with Crippen LogP contribution in [0.1, 0.15) is 22.2 Å². The van der Waals surface area contributed by atoms with Gasteiger partial charge in [0.15, 0.2) is 0 Å². The molecule has 4 aromatic rings. The third-order valence-corrected chi connectivity index (χ3v) is 6.05. The number of pyridine rings is 1. The number of benzene rings is 2. The number of rotatable bonds is 4. The summed E-state index contributed by atoms with van der Waals surface area (Å²) in [4.78, 5) is 5.59. The Balaban J connectivity index is 1.83. The molecule has 6 heteroatoms. The lowest BCUT2D eigenvalue weighted by atomic mass is 10.0. The van der Waals surface area contributed by atoms with Crippen molar-refractivity contribution in [3.8, 4) is 5.75 Å². The van der Waals surface area contributed by atoms with Crippen LogP contribution in [0.25, 0.3) is 10.9 Å². The average Bonchev–Trinajstić information content (AvgIpc) is 3.18. The molecule has 0 aliphatic heterocycles. The molecule has 2 heterocycles. The molecule has 4 rings (SSSR count). The molecule has 0 spiro atoms. The number of aryl methyl sites for hydroxylation is 1. The molecule has 0 saturated heterocycles. The van der Waals surface area contributed by atoms with E-state index in [4.69, 9.17) is 23.2 Å². The number of fused-ring (bicyclic) bond motifs is 1. The fraction of sp³-hybridized carbons (Fsp3) is 0.0952. The second kappa shape index (κ2) is 7.39. The summed E-state index contributed by atoms with van der Waals surface area (Å²) in [6.07, 6.45) is 0. The van der Waals surface area contributed by atoms with Crippen molar-refractivity contribution in [1.82, 2.24) is 4.98 Å². The average molecular weight is 415 g/mol. The largest absolute Gasteiger partial charge is 0.505 e. The van der Waals surface area contributed by atoms with Crippen LogP contribution in [0.2, 0.25) is 10.0 Å². The molecule has 0 aliphatic rings. The second-order valence-corrected chi connectivity index (χ2v) is 8.04. The van der Waals surface area contributed by atoms with Gasteiger partial charge in [0, 0.05) is 27.2 Å². The molecule has 2 aromatic carbocycles. The highest BCUT2D eigenvalue weighted by atomic mass is 35.5. The number of halogens is 2. The molecule has 136 valence electrons. The zero-order valence-electron chi connectivity index (χ0n) is 14.4. The van der Waals surface area contributed by atoms with Crippen LogP contribution in [-0.4, -0.2) is 10.1 Å². The van der Waals surface area contributed by atoms with Crippen molar-refractivity contribution < 1.29 is 5.11 Å². The van der Waals surface area contributed by atoms with E-state index in [1.807, 2.05) is 54.8 Å². The first-order valence-corrected chi connectivity index (χ1v) is 10.0. The van der Waals surface area contributed by atoms with E-state index in [1.54, 1.807) is 23.5 Å². The number of hydrogen-bond acceptors (Lipinski definition) is 4. The number of thiophene rings is 1. The molecule has 0 aliphatic carbocycles. The molecular formula is C21H16Cl2N2OS. The molecule has 2 N–H and O–H groups in total. The second-order valence-electron chi connectivity index (χ2n) is 6.25. The van der Waals surface area contributed by atoms with Gasteiger partial charge in [-0.3, -0.25) is 0 Å². The summed E-state index contributed by atoms with van der Waals surface area (Å²) in [7, 11) is 0. The highest BCUT2D eigenvalue weighted by Gasteiger charge is 2.21. The van der Waals surface area contributed by atoms with Crippen LogP contribution < -0.4 is 5.32 Å². The Labute approximate surface area is 171 Å². The lowest BCUT2D eigenvalue weighted by Crippen LogP contribution is -2.11. The standard InChI is InChI=1S/C21H16Cl2N2OS/c1-12-4-5-13-6-8-15(21(26)19(13)24-12)20(18-3-2-10-27-18)25-14-7-9-16(22)17(23)11-14/h2-11,20,25-26H,1H3. The Morgan fingerprint density at radius 2 is 1.85 bits per heavy atom. The van der Waals surface area contributed by atoms with Crippen molar-refractivity contribution in [2.24, 2.45) is 0 Å². The number of nitrogens with zero attached hydrogens (tertiary/aromatic N) is 1. The quantitative estimate of drug-likeness (QED) is 0.385. The lowest BCUT2D eigenvalue weighted by molar-refractivity contribution is 0.472. The molecule has 1 unspecified atom stereocenters. The highest BCUT2D eigenvalue weighted by molar-refractivity contribution is 7.10. The Kier molecular flexibility index (Phi) is 4.96. The maximum Gasteiger partial charge on any atom is 0.147 e. The number of aromatic nitrogens is 1. The molecule has 0 bridgehead atoms. The van der Waals surface area contributed by atoms with E-state index < -0.39 is 0 Å². The smallest absolute Gasteiger partial charge is 0.147 e. The van der Waals surface area contributed by atoms with Gasteiger partial charge < -0.3 is 10.4 Å². The van der Waals surface area contributed by atoms with Crippen LogP contribution in [-0.2, 0) is 0 Å². The molecule has 0 fully saturated rings. The van der Waals surface area contributed by atoms with Crippen molar-refractivity contribution >= 4 is 51.1 Å². The Morgan fingerprint density at radius 1 is 1.04 bits per heavy atom. The zero-order chi connectivity index (χ0) is 19.0. The number of hydrogen-bond donors (Lipinski definition) is 2. The van der Waals surface area contributed by atoms with Gasteiger partial charge in [0.25, 0.3) is 0 Å². The maximum absolute atomic E-state index is 11.0. The normalized spacial score (nSPS) is 12.3. The minimum absolute atomic E-state index is 0.183. The van der Waals surface area contributed by atoms with Crippen molar-refractivity contribution in [1.29, 1.82) is 0 Å². The van der Waals surface area contributed by atoms with E-state index >= 15 is 0 Å². The van der Waals surface area contributed by atoms with E-state index in [2.05, 4.69) is 10.3 Å².